The SMILES string of the molecule is COc1ccccc1C1/C(=C(\[O-])c2ccc(OC(C)C)cc2)C(=O)C(=O)N1CCC[NH+](C)C. The van der Waals surface area contributed by atoms with Crippen molar-refractivity contribution in [3.63, 3.8) is 0 Å². The van der Waals surface area contributed by atoms with Gasteiger partial charge in [-0.15, -0.1) is 0 Å². The summed E-state index contributed by atoms with van der Waals surface area (Å²) in [5.41, 5.74) is 0.917. The van der Waals surface area contributed by atoms with E-state index in [4.69, 9.17) is 9.47 Å². The Bertz CT molecular complexity index is 1030. The third kappa shape index (κ3) is 5.37. The van der Waals surface area contributed by atoms with E-state index in [0.29, 0.717) is 35.6 Å². The van der Waals surface area contributed by atoms with Crippen molar-refractivity contribution >= 4 is 17.4 Å². The minimum atomic E-state index is -0.794. The van der Waals surface area contributed by atoms with Crippen LogP contribution < -0.4 is 19.5 Å². The summed E-state index contributed by atoms with van der Waals surface area (Å²) in [6.45, 7) is 5.04. The molecule has 1 heterocycles. The number of ketones is 1. The van der Waals surface area contributed by atoms with Crippen LogP contribution in [0.4, 0.5) is 0 Å². The topological polar surface area (TPSA) is 83.3 Å². The van der Waals surface area contributed by atoms with Crippen LogP contribution in [0.1, 0.15) is 37.4 Å². The van der Waals surface area contributed by atoms with Gasteiger partial charge in [0.25, 0.3) is 5.91 Å². The molecule has 1 N–H and O–H groups in total. The standard InChI is InChI=1S/C26H32N2O5/c1-17(2)33-19-13-11-18(12-14-19)24(29)22-23(20-9-6-7-10-21(20)32-5)28(26(31)25(22)30)16-8-15-27(3)4/h6-7,9-14,17,23,29H,8,15-16H2,1-5H3/b24-22+. The molecule has 0 aliphatic carbocycles. The van der Waals surface area contributed by atoms with Gasteiger partial charge in [-0.1, -0.05) is 36.1 Å². The number of benzene rings is 2. The van der Waals surface area contributed by atoms with E-state index in [1.54, 1.807) is 36.4 Å². The van der Waals surface area contributed by atoms with Crippen LogP contribution in [0.2, 0.25) is 0 Å². The fourth-order valence-corrected chi connectivity index (χ4v) is 4.03. The normalized spacial score (nSPS) is 17.8. The Hall–Kier alpha value is -3.32. The Labute approximate surface area is 195 Å². The summed E-state index contributed by atoms with van der Waals surface area (Å²) in [7, 11) is 5.59. The van der Waals surface area contributed by atoms with E-state index < -0.39 is 23.5 Å². The molecule has 1 saturated heterocycles. The maximum atomic E-state index is 13.5. The fraction of sp³-hybridized carbons (Fsp3) is 0.385. The molecule has 1 aliphatic heterocycles. The number of ether oxygens (including phenoxy) is 2. The van der Waals surface area contributed by atoms with Crippen molar-refractivity contribution in [2.45, 2.75) is 32.4 Å². The maximum Gasteiger partial charge on any atom is 0.295 e. The molecule has 1 atom stereocenters. The lowest BCUT2D eigenvalue weighted by atomic mass is 9.94. The van der Waals surface area contributed by atoms with Gasteiger partial charge >= 0.3 is 0 Å². The predicted molar refractivity (Wildman–Crippen MR) is 124 cm³/mol. The Morgan fingerprint density at radius 1 is 1.09 bits per heavy atom. The van der Waals surface area contributed by atoms with Gasteiger partial charge < -0.3 is 24.4 Å². The lowest BCUT2D eigenvalue weighted by Gasteiger charge is -2.28. The molecule has 1 aliphatic rings. The number of quaternary nitrogens is 1. The van der Waals surface area contributed by atoms with E-state index in [2.05, 4.69) is 0 Å². The van der Waals surface area contributed by atoms with Crippen molar-refractivity contribution < 1.29 is 29.1 Å². The van der Waals surface area contributed by atoms with Crippen LogP contribution in [0, 0.1) is 0 Å². The summed E-state index contributed by atoms with van der Waals surface area (Å²) in [5.74, 6) is -0.701. The van der Waals surface area contributed by atoms with Crippen LogP contribution in [0.15, 0.2) is 54.1 Å². The van der Waals surface area contributed by atoms with Crippen LogP contribution in [0.25, 0.3) is 5.76 Å². The van der Waals surface area contributed by atoms with Gasteiger partial charge in [0.2, 0.25) is 5.78 Å². The number of nitrogens with one attached hydrogen (secondary N) is 1. The molecule has 176 valence electrons. The lowest BCUT2D eigenvalue weighted by molar-refractivity contribution is -0.858. The molecule has 0 spiro atoms. The zero-order chi connectivity index (χ0) is 24.1. The minimum absolute atomic E-state index is 0.00226. The van der Waals surface area contributed by atoms with Crippen LogP contribution in [0.3, 0.4) is 0 Å². The first kappa shape index (κ1) is 24.3. The number of rotatable bonds is 9. The average molecular weight is 453 g/mol. The fourth-order valence-electron chi connectivity index (χ4n) is 4.03. The summed E-state index contributed by atoms with van der Waals surface area (Å²) in [5, 5.41) is 13.5. The monoisotopic (exact) mass is 452 g/mol. The zero-order valence-electron chi connectivity index (χ0n) is 19.9. The highest BCUT2D eigenvalue weighted by Crippen LogP contribution is 2.42. The predicted octanol–water partition coefficient (Wildman–Crippen LogP) is 1.24. The molecule has 1 unspecified atom stereocenters. The molecule has 0 radical (unpaired) electrons. The van der Waals surface area contributed by atoms with Gasteiger partial charge in [-0.2, -0.15) is 0 Å². The average Bonchev–Trinajstić information content (AvgIpc) is 3.03. The van der Waals surface area contributed by atoms with Crippen molar-refractivity contribution in [1.29, 1.82) is 0 Å². The molecule has 1 amide bonds. The van der Waals surface area contributed by atoms with Gasteiger partial charge in [-0.3, -0.25) is 9.59 Å². The molecule has 1 fully saturated rings. The van der Waals surface area contributed by atoms with E-state index in [1.807, 2.05) is 40.1 Å². The van der Waals surface area contributed by atoms with Crippen molar-refractivity contribution in [2.75, 3.05) is 34.3 Å². The number of amides is 1. The van der Waals surface area contributed by atoms with Crippen LogP contribution in [-0.4, -0.2) is 57.0 Å². The minimum Gasteiger partial charge on any atom is -0.872 e. The molecule has 2 aromatic rings. The molecule has 3 rings (SSSR count). The summed E-state index contributed by atoms with van der Waals surface area (Å²) < 4.78 is 11.2. The number of para-hydroxylation sites is 1. The number of hydrogen-bond acceptors (Lipinski definition) is 5. The largest absolute Gasteiger partial charge is 0.872 e. The van der Waals surface area contributed by atoms with Gasteiger partial charge in [0, 0.05) is 24.1 Å². The van der Waals surface area contributed by atoms with Gasteiger partial charge in [0.15, 0.2) is 0 Å². The first-order valence-electron chi connectivity index (χ1n) is 11.2. The number of carbonyl (C=O) groups excluding carboxylic acids is 2. The van der Waals surface area contributed by atoms with Crippen molar-refractivity contribution in [1.82, 2.24) is 4.90 Å². The maximum absolute atomic E-state index is 13.5. The lowest BCUT2D eigenvalue weighted by Crippen LogP contribution is -3.05. The number of nitrogens with zero attached hydrogens (tertiary/aromatic N) is 1. The second-order valence-electron chi connectivity index (χ2n) is 8.72. The third-order valence-electron chi connectivity index (χ3n) is 5.53. The molecule has 0 bridgehead atoms. The summed E-state index contributed by atoms with van der Waals surface area (Å²) in [6, 6.07) is 13.1. The van der Waals surface area contributed by atoms with E-state index >= 15 is 0 Å². The highest BCUT2D eigenvalue weighted by atomic mass is 16.5. The first-order valence-corrected chi connectivity index (χ1v) is 11.2. The number of likely N-dealkylation sites (tertiary alicyclic amines) is 1. The molecule has 7 heteroatoms. The first-order chi connectivity index (χ1) is 15.7. The molecule has 0 saturated carbocycles. The van der Waals surface area contributed by atoms with Crippen LogP contribution in [0.5, 0.6) is 11.5 Å². The number of carbonyl (C=O) groups is 2. The van der Waals surface area contributed by atoms with Crippen molar-refractivity contribution in [3.05, 3.63) is 65.2 Å². The Kier molecular flexibility index (Phi) is 7.76. The number of hydrogen-bond donors (Lipinski definition) is 1. The third-order valence-corrected chi connectivity index (χ3v) is 5.53. The highest BCUT2D eigenvalue weighted by Gasteiger charge is 2.44. The smallest absolute Gasteiger partial charge is 0.295 e. The second-order valence-corrected chi connectivity index (χ2v) is 8.72. The summed E-state index contributed by atoms with van der Waals surface area (Å²) in [6.07, 6.45) is 0.706. The molecule has 33 heavy (non-hydrogen) atoms. The molecular weight excluding hydrogens is 420 g/mol. The second kappa shape index (κ2) is 10.5. The molecule has 0 aromatic heterocycles. The van der Waals surface area contributed by atoms with Crippen LogP contribution in [-0.2, 0) is 9.59 Å². The van der Waals surface area contributed by atoms with Crippen molar-refractivity contribution in [3.8, 4) is 11.5 Å². The van der Waals surface area contributed by atoms with Crippen LogP contribution >= 0.6 is 0 Å². The number of methoxy groups -OCH3 is 1. The zero-order valence-corrected chi connectivity index (χ0v) is 19.9. The molecular formula is C26H32N2O5. The van der Waals surface area contributed by atoms with E-state index in [0.717, 1.165) is 6.54 Å². The highest BCUT2D eigenvalue weighted by molar-refractivity contribution is 6.46. The van der Waals surface area contributed by atoms with Gasteiger partial charge in [-0.25, -0.2) is 0 Å². The van der Waals surface area contributed by atoms with Gasteiger partial charge in [-0.05, 0) is 37.6 Å². The molecule has 7 nitrogen and oxygen atoms in total. The number of Topliss-reactive ketones (excluding diaryl/α,β-unsaturated/α-hetero) is 1. The Balaban J connectivity index is 2.08. The Morgan fingerprint density at radius 2 is 1.76 bits per heavy atom. The van der Waals surface area contributed by atoms with Gasteiger partial charge in [0.1, 0.15) is 11.5 Å². The Morgan fingerprint density at radius 3 is 2.36 bits per heavy atom. The van der Waals surface area contributed by atoms with Crippen molar-refractivity contribution in [2.24, 2.45) is 0 Å². The summed E-state index contributed by atoms with van der Waals surface area (Å²) >= 11 is 0. The van der Waals surface area contributed by atoms with E-state index in [9.17, 15) is 14.7 Å². The van der Waals surface area contributed by atoms with E-state index in [1.165, 1.54) is 16.9 Å². The summed E-state index contributed by atoms with van der Waals surface area (Å²) in [4.78, 5) is 28.9. The molecule has 2 aromatic carbocycles. The quantitative estimate of drug-likeness (QED) is 0.352. The van der Waals surface area contributed by atoms with Gasteiger partial charge in [0.05, 0.1) is 39.9 Å². The van der Waals surface area contributed by atoms with E-state index in [-0.39, 0.29) is 11.7 Å².